The van der Waals surface area contributed by atoms with Crippen LogP contribution >= 0.6 is 11.6 Å². The Morgan fingerprint density at radius 1 is 1.16 bits per heavy atom. The zero-order chi connectivity index (χ0) is 24.3. The second-order valence-electron chi connectivity index (χ2n) is 9.33. The number of carbonyl (C=O) groups excluding carboxylic acids is 2. The molecule has 1 aromatic rings. The number of ether oxygens (including phenoxy) is 2. The summed E-state index contributed by atoms with van der Waals surface area (Å²) >= 11 is 6.19. The largest absolute Gasteiger partial charge is 0.444 e. The summed E-state index contributed by atoms with van der Waals surface area (Å²) in [5.74, 6) is -0.531. The quantitative estimate of drug-likeness (QED) is 0.342. The standard InChI is InChI=1S/C22H30ClFN4O4/c1-21(2,3)31-19(29)26-18(27-20(30)32-22(4,5)6)28-9-7-13(8-10-28)17-15(23)11-14(25)12-16(17)24/h7,11-12H,8-10,25H2,1-6H3,(H,26,27,29,30). The number of hydrogen-bond donors (Lipinski definition) is 2. The van der Waals surface area contributed by atoms with Crippen molar-refractivity contribution in [2.45, 2.75) is 59.2 Å². The number of amides is 2. The highest BCUT2D eigenvalue weighted by molar-refractivity contribution is 6.32. The molecule has 2 amide bonds. The Bertz CT molecular complexity index is 925. The number of nitrogens with zero attached hydrogens (tertiary/aromatic N) is 2. The van der Waals surface area contributed by atoms with E-state index in [0.717, 1.165) is 0 Å². The van der Waals surface area contributed by atoms with E-state index in [1.807, 2.05) is 0 Å². The van der Waals surface area contributed by atoms with Crippen molar-refractivity contribution in [2.24, 2.45) is 4.99 Å². The minimum atomic E-state index is -0.856. The third-order valence-corrected chi connectivity index (χ3v) is 4.40. The monoisotopic (exact) mass is 468 g/mol. The number of benzene rings is 1. The van der Waals surface area contributed by atoms with E-state index in [1.54, 1.807) is 52.5 Å². The van der Waals surface area contributed by atoms with E-state index in [9.17, 15) is 14.0 Å². The number of nitrogens with one attached hydrogen (secondary N) is 1. The summed E-state index contributed by atoms with van der Waals surface area (Å²) in [4.78, 5) is 30.1. The van der Waals surface area contributed by atoms with Gasteiger partial charge in [-0.2, -0.15) is 0 Å². The Kier molecular flexibility index (Phi) is 7.77. The molecule has 0 aromatic heterocycles. The summed E-state index contributed by atoms with van der Waals surface area (Å²) in [6.07, 6.45) is 0.531. The fraction of sp³-hybridized carbons (Fsp3) is 0.500. The maximum atomic E-state index is 14.4. The van der Waals surface area contributed by atoms with Gasteiger partial charge in [0, 0.05) is 24.3 Å². The van der Waals surface area contributed by atoms with Crippen LogP contribution in [0.2, 0.25) is 5.02 Å². The van der Waals surface area contributed by atoms with Crippen LogP contribution in [0.4, 0.5) is 19.7 Å². The number of nitrogen functional groups attached to an aromatic ring is 1. The number of aliphatic imine (C=N–C) groups is 1. The number of alkyl carbamates (subject to hydrolysis) is 1. The number of hydrogen-bond acceptors (Lipinski definition) is 5. The number of anilines is 1. The third kappa shape index (κ3) is 7.71. The molecule has 1 aromatic carbocycles. The molecule has 0 spiro atoms. The molecule has 0 saturated heterocycles. The average molecular weight is 469 g/mol. The van der Waals surface area contributed by atoms with Crippen LogP contribution in [0.3, 0.4) is 0 Å². The normalized spacial score (nSPS) is 15.2. The minimum Gasteiger partial charge on any atom is -0.444 e. The van der Waals surface area contributed by atoms with Gasteiger partial charge in [0.05, 0.1) is 5.02 Å². The van der Waals surface area contributed by atoms with Gasteiger partial charge >= 0.3 is 12.2 Å². The lowest BCUT2D eigenvalue weighted by atomic mass is 9.98. The van der Waals surface area contributed by atoms with E-state index in [-0.39, 0.29) is 28.8 Å². The molecule has 10 heteroatoms. The zero-order valence-electron chi connectivity index (χ0n) is 19.2. The summed E-state index contributed by atoms with van der Waals surface area (Å²) in [6, 6.07) is 2.71. The van der Waals surface area contributed by atoms with Crippen LogP contribution in [0, 0.1) is 5.82 Å². The van der Waals surface area contributed by atoms with Gasteiger partial charge in [0.2, 0.25) is 5.96 Å². The van der Waals surface area contributed by atoms with Crippen molar-refractivity contribution in [3.8, 4) is 0 Å². The number of guanidine groups is 1. The van der Waals surface area contributed by atoms with Gasteiger partial charge in [-0.25, -0.2) is 14.0 Å². The smallest absolute Gasteiger partial charge is 0.437 e. The van der Waals surface area contributed by atoms with Gasteiger partial charge in [-0.05, 0) is 65.7 Å². The molecule has 0 atom stereocenters. The molecule has 3 N–H and O–H groups in total. The summed E-state index contributed by atoms with van der Waals surface area (Å²) in [5, 5.41) is 2.73. The predicted octanol–water partition coefficient (Wildman–Crippen LogP) is 4.97. The molecule has 2 rings (SSSR count). The van der Waals surface area contributed by atoms with Crippen molar-refractivity contribution in [1.29, 1.82) is 0 Å². The summed E-state index contributed by atoms with van der Waals surface area (Å²) in [6.45, 7) is 10.9. The van der Waals surface area contributed by atoms with E-state index in [0.29, 0.717) is 18.5 Å². The molecule has 176 valence electrons. The van der Waals surface area contributed by atoms with Crippen LogP contribution in [0.25, 0.3) is 5.57 Å². The first-order chi connectivity index (χ1) is 14.6. The van der Waals surface area contributed by atoms with Gasteiger partial charge in [-0.1, -0.05) is 17.7 Å². The number of halogens is 2. The third-order valence-electron chi connectivity index (χ3n) is 4.10. The fourth-order valence-electron chi connectivity index (χ4n) is 2.93. The van der Waals surface area contributed by atoms with Crippen molar-refractivity contribution < 1.29 is 23.5 Å². The van der Waals surface area contributed by atoms with Crippen LogP contribution in [0.5, 0.6) is 0 Å². The summed E-state index contributed by atoms with van der Waals surface area (Å²) in [5.41, 5.74) is 5.36. The van der Waals surface area contributed by atoms with Crippen molar-refractivity contribution in [1.82, 2.24) is 10.2 Å². The second kappa shape index (κ2) is 9.77. The van der Waals surface area contributed by atoms with Crippen LogP contribution in [-0.2, 0) is 9.47 Å². The highest BCUT2D eigenvalue weighted by atomic mass is 35.5. The molecule has 0 unspecified atom stereocenters. The molecule has 8 nitrogen and oxygen atoms in total. The molecular formula is C22H30ClFN4O4. The molecule has 32 heavy (non-hydrogen) atoms. The lowest BCUT2D eigenvalue weighted by Gasteiger charge is -2.30. The number of carbonyl (C=O) groups is 2. The van der Waals surface area contributed by atoms with Gasteiger partial charge in [-0.15, -0.1) is 4.99 Å². The van der Waals surface area contributed by atoms with Gasteiger partial charge in [0.1, 0.15) is 17.0 Å². The van der Waals surface area contributed by atoms with Gasteiger partial charge in [-0.3, -0.25) is 5.32 Å². The van der Waals surface area contributed by atoms with Crippen molar-refractivity contribution in [3.63, 3.8) is 0 Å². The first kappa shape index (κ1) is 25.5. The fourth-order valence-corrected chi connectivity index (χ4v) is 3.27. The Hall–Kier alpha value is -2.81. The molecule has 0 saturated carbocycles. The Morgan fingerprint density at radius 2 is 1.78 bits per heavy atom. The molecular weight excluding hydrogens is 439 g/mol. The van der Waals surface area contributed by atoms with Crippen molar-refractivity contribution in [2.75, 3.05) is 18.8 Å². The van der Waals surface area contributed by atoms with Crippen molar-refractivity contribution in [3.05, 3.63) is 34.6 Å². The van der Waals surface area contributed by atoms with E-state index in [1.165, 1.54) is 12.1 Å². The second-order valence-corrected chi connectivity index (χ2v) is 9.73. The van der Waals surface area contributed by atoms with Crippen LogP contribution < -0.4 is 11.1 Å². The Labute approximate surface area is 192 Å². The van der Waals surface area contributed by atoms with Crippen LogP contribution in [0.1, 0.15) is 53.5 Å². The highest BCUT2D eigenvalue weighted by Crippen LogP contribution is 2.32. The van der Waals surface area contributed by atoms with Gasteiger partial charge < -0.3 is 20.1 Å². The summed E-state index contributed by atoms with van der Waals surface area (Å²) < 4.78 is 24.9. The van der Waals surface area contributed by atoms with Crippen molar-refractivity contribution >= 4 is 41.0 Å². The molecule has 0 bridgehead atoms. The lowest BCUT2D eigenvalue weighted by molar-refractivity contribution is 0.0555. The Morgan fingerprint density at radius 3 is 2.28 bits per heavy atom. The molecule has 1 aliphatic heterocycles. The van der Waals surface area contributed by atoms with Gasteiger partial charge in [0.15, 0.2) is 0 Å². The zero-order valence-corrected chi connectivity index (χ0v) is 20.0. The van der Waals surface area contributed by atoms with Crippen LogP contribution in [-0.4, -0.2) is 47.3 Å². The average Bonchev–Trinajstić information content (AvgIpc) is 2.57. The lowest BCUT2D eigenvalue weighted by Crippen LogP contribution is -2.48. The molecule has 0 aliphatic carbocycles. The highest BCUT2D eigenvalue weighted by Gasteiger charge is 2.25. The van der Waals surface area contributed by atoms with Gasteiger partial charge in [0.25, 0.3) is 0 Å². The predicted molar refractivity (Wildman–Crippen MR) is 123 cm³/mol. The first-order valence-electron chi connectivity index (χ1n) is 10.1. The maximum Gasteiger partial charge on any atom is 0.437 e. The number of nitrogens with two attached hydrogens (primary N) is 1. The number of rotatable bonds is 1. The molecule has 1 aliphatic rings. The Balaban J connectivity index is 2.27. The van der Waals surface area contributed by atoms with E-state index in [2.05, 4.69) is 10.3 Å². The SMILES string of the molecule is CC(C)(C)OC(=O)/N=C(/NC(=O)OC(C)(C)C)N1CC=C(c2c(F)cc(N)cc2Cl)CC1. The maximum absolute atomic E-state index is 14.4. The van der Waals surface area contributed by atoms with E-state index in [4.69, 9.17) is 26.8 Å². The molecule has 1 heterocycles. The summed E-state index contributed by atoms with van der Waals surface area (Å²) in [7, 11) is 0. The first-order valence-corrected chi connectivity index (χ1v) is 10.5. The van der Waals surface area contributed by atoms with Crippen LogP contribution in [0.15, 0.2) is 23.2 Å². The van der Waals surface area contributed by atoms with E-state index < -0.39 is 29.2 Å². The molecule has 0 fully saturated rings. The topological polar surface area (TPSA) is 106 Å². The van der Waals surface area contributed by atoms with E-state index >= 15 is 0 Å². The molecule has 0 radical (unpaired) electrons. The minimum absolute atomic E-state index is 0.0207.